The number of rotatable bonds is 10. The predicted octanol–water partition coefficient (Wildman–Crippen LogP) is 3.03. The molecule has 5 nitrogen and oxygen atoms in total. The van der Waals surface area contributed by atoms with E-state index in [1.165, 1.54) is 24.0 Å². The first kappa shape index (κ1) is 19.2. The van der Waals surface area contributed by atoms with Gasteiger partial charge in [-0.3, -0.25) is 9.69 Å². The van der Waals surface area contributed by atoms with E-state index in [2.05, 4.69) is 22.3 Å². The van der Waals surface area contributed by atoms with Gasteiger partial charge in [0.25, 0.3) is 0 Å². The van der Waals surface area contributed by atoms with Crippen LogP contribution in [0, 0.1) is 0 Å². The second-order valence-electron chi connectivity index (χ2n) is 6.93. The number of nitrogens with one attached hydrogen (secondary N) is 1. The zero-order valence-electron chi connectivity index (χ0n) is 16.1. The van der Waals surface area contributed by atoms with Crippen molar-refractivity contribution in [1.82, 2.24) is 10.2 Å². The lowest BCUT2D eigenvalue weighted by atomic mass is 10.1. The maximum absolute atomic E-state index is 12.4. The summed E-state index contributed by atoms with van der Waals surface area (Å²) >= 11 is 0. The first-order chi connectivity index (χ1) is 13.2. The molecule has 3 rings (SSSR count). The van der Waals surface area contributed by atoms with Gasteiger partial charge >= 0.3 is 0 Å². The lowest BCUT2D eigenvalue weighted by molar-refractivity contribution is -0.122. The number of benzene rings is 2. The molecule has 0 bridgehead atoms. The predicted molar refractivity (Wildman–Crippen MR) is 106 cm³/mol. The van der Waals surface area contributed by atoms with Crippen molar-refractivity contribution < 1.29 is 14.3 Å². The van der Waals surface area contributed by atoms with Crippen LogP contribution in [0.1, 0.15) is 24.0 Å². The van der Waals surface area contributed by atoms with E-state index in [-0.39, 0.29) is 5.91 Å². The van der Waals surface area contributed by atoms with Crippen molar-refractivity contribution in [2.24, 2.45) is 0 Å². The van der Waals surface area contributed by atoms with E-state index in [0.717, 1.165) is 24.5 Å². The first-order valence-electron chi connectivity index (χ1n) is 9.44. The molecule has 0 spiro atoms. The van der Waals surface area contributed by atoms with Crippen molar-refractivity contribution in [1.29, 1.82) is 0 Å². The highest BCUT2D eigenvalue weighted by Gasteiger charge is 2.30. The van der Waals surface area contributed by atoms with Gasteiger partial charge in [0.1, 0.15) is 11.5 Å². The van der Waals surface area contributed by atoms with Crippen LogP contribution in [0.25, 0.3) is 0 Å². The van der Waals surface area contributed by atoms with Gasteiger partial charge in [-0.05, 0) is 54.7 Å². The van der Waals surface area contributed by atoms with E-state index in [1.54, 1.807) is 14.2 Å². The van der Waals surface area contributed by atoms with Crippen LogP contribution in [0.4, 0.5) is 0 Å². The van der Waals surface area contributed by atoms with Gasteiger partial charge in [0.05, 0.1) is 20.8 Å². The number of hydrogen-bond acceptors (Lipinski definition) is 4. The van der Waals surface area contributed by atoms with Crippen LogP contribution in [0.15, 0.2) is 48.5 Å². The Hall–Kier alpha value is -2.53. The molecule has 144 valence electrons. The zero-order valence-corrected chi connectivity index (χ0v) is 16.1. The molecule has 1 aliphatic carbocycles. The molecule has 0 atom stereocenters. The van der Waals surface area contributed by atoms with Crippen molar-refractivity contribution in [3.8, 4) is 11.5 Å². The fourth-order valence-electron chi connectivity index (χ4n) is 3.10. The molecule has 0 aliphatic heterocycles. The lowest BCUT2D eigenvalue weighted by Gasteiger charge is -2.21. The molecule has 1 amide bonds. The summed E-state index contributed by atoms with van der Waals surface area (Å²) in [5, 5.41) is 3.05. The van der Waals surface area contributed by atoms with Crippen molar-refractivity contribution in [2.75, 3.05) is 27.3 Å². The number of methoxy groups -OCH3 is 2. The molecule has 0 radical (unpaired) electrons. The Balaban J connectivity index is 1.45. The minimum absolute atomic E-state index is 0.0870. The van der Waals surface area contributed by atoms with Gasteiger partial charge in [-0.1, -0.05) is 24.3 Å². The van der Waals surface area contributed by atoms with Gasteiger partial charge in [-0.2, -0.15) is 0 Å². The summed E-state index contributed by atoms with van der Waals surface area (Å²) < 4.78 is 10.4. The standard InChI is InChI=1S/C22H28N2O3/c1-26-20-9-3-17(4-10-20)13-14-23-22(25)16-24(19-7-8-19)15-18-5-11-21(27-2)12-6-18/h3-6,9-12,19H,7-8,13-16H2,1-2H3,(H,23,25). The Morgan fingerprint density at radius 2 is 1.52 bits per heavy atom. The summed E-state index contributed by atoms with van der Waals surface area (Å²) in [7, 11) is 3.33. The van der Waals surface area contributed by atoms with Gasteiger partial charge in [-0.15, -0.1) is 0 Å². The Morgan fingerprint density at radius 3 is 2.04 bits per heavy atom. The molecule has 1 N–H and O–H groups in total. The summed E-state index contributed by atoms with van der Waals surface area (Å²) in [5.74, 6) is 1.79. The molecule has 1 aliphatic rings. The maximum atomic E-state index is 12.4. The van der Waals surface area contributed by atoms with Crippen molar-refractivity contribution in [3.63, 3.8) is 0 Å². The van der Waals surface area contributed by atoms with Crippen LogP contribution in [0.3, 0.4) is 0 Å². The number of nitrogens with zero attached hydrogens (tertiary/aromatic N) is 1. The lowest BCUT2D eigenvalue weighted by Crippen LogP contribution is -2.38. The second kappa shape index (κ2) is 9.42. The highest BCUT2D eigenvalue weighted by atomic mass is 16.5. The van der Waals surface area contributed by atoms with Crippen molar-refractivity contribution in [2.45, 2.75) is 31.8 Å². The molecule has 0 heterocycles. The maximum Gasteiger partial charge on any atom is 0.234 e. The zero-order chi connectivity index (χ0) is 19.1. The number of ether oxygens (including phenoxy) is 2. The third-order valence-electron chi connectivity index (χ3n) is 4.85. The molecule has 1 fully saturated rings. The Bertz CT molecular complexity index is 724. The SMILES string of the molecule is COc1ccc(CCNC(=O)CN(Cc2ccc(OC)cc2)C2CC2)cc1. The second-order valence-corrected chi connectivity index (χ2v) is 6.93. The van der Waals surface area contributed by atoms with Crippen LogP contribution in [0.2, 0.25) is 0 Å². The molecule has 27 heavy (non-hydrogen) atoms. The van der Waals surface area contributed by atoms with E-state index < -0.39 is 0 Å². The summed E-state index contributed by atoms with van der Waals surface area (Å²) in [6.45, 7) is 1.88. The van der Waals surface area contributed by atoms with Crippen molar-refractivity contribution in [3.05, 3.63) is 59.7 Å². The Labute approximate surface area is 161 Å². The first-order valence-corrected chi connectivity index (χ1v) is 9.44. The molecular formula is C22H28N2O3. The van der Waals surface area contributed by atoms with Gasteiger partial charge in [0.2, 0.25) is 5.91 Å². The molecule has 0 unspecified atom stereocenters. The molecule has 0 saturated heterocycles. The molecule has 2 aromatic rings. The topological polar surface area (TPSA) is 50.8 Å². The molecule has 2 aromatic carbocycles. The average Bonchev–Trinajstić information content (AvgIpc) is 3.54. The third-order valence-corrected chi connectivity index (χ3v) is 4.85. The minimum Gasteiger partial charge on any atom is -0.497 e. The molecular weight excluding hydrogens is 340 g/mol. The van der Waals surface area contributed by atoms with Crippen molar-refractivity contribution >= 4 is 5.91 Å². The molecule has 5 heteroatoms. The van der Waals surface area contributed by atoms with E-state index in [4.69, 9.17) is 9.47 Å². The van der Waals surface area contributed by atoms with Crippen LogP contribution in [-0.2, 0) is 17.8 Å². The fraction of sp³-hybridized carbons (Fsp3) is 0.409. The van der Waals surface area contributed by atoms with Crippen LogP contribution < -0.4 is 14.8 Å². The summed E-state index contributed by atoms with van der Waals surface area (Å²) in [4.78, 5) is 14.6. The number of carbonyl (C=O) groups is 1. The van der Waals surface area contributed by atoms with Crippen LogP contribution in [0.5, 0.6) is 11.5 Å². The third kappa shape index (κ3) is 6.00. The van der Waals surface area contributed by atoms with Crippen LogP contribution in [-0.4, -0.2) is 44.2 Å². The Kier molecular flexibility index (Phi) is 6.71. The van der Waals surface area contributed by atoms with E-state index in [9.17, 15) is 4.79 Å². The number of hydrogen-bond donors (Lipinski definition) is 1. The highest BCUT2D eigenvalue weighted by Crippen LogP contribution is 2.28. The van der Waals surface area contributed by atoms with E-state index in [0.29, 0.717) is 19.1 Å². The minimum atomic E-state index is 0.0870. The molecule has 0 aromatic heterocycles. The number of carbonyl (C=O) groups excluding carboxylic acids is 1. The fourth-order valence-corrected chi connectivity index (χ4v) is 3.10. The van der Waals surface area contributed by atoms with Gasteiger partial charge in [0, 0.05) is 19.1 Å². The summed E-state index contributed by atoms with van der Waals surface area (Å²) in [5.41, 5.74) is 2.39. The Morgan fingerprint density at radius 1 is 0.963 bits per heavy atom. The summed E-state index contributed by atoms with van der Waals surface area (Å²) in [6.07, 6.45) is 3.17. The average molecular weight is 368 g/mol. The van der Waals surface area contributed by atoms with Gasteiger partial charge < -0.3 is 14.8 Å². The summed E-state index contributed by atoms with van der Waals surface area (Å²) in [6, 6.07) is 16.5. The monoisotopic (exact) mass is 368 g/mol. The smallest absolute Gasteiger partial charge is 0.234 e. The molecule has 1 saturated carbocycles. The van der Waals surface area contributed by atoms with Gasteiger partial charge in [-0.25, -0.2) is 0 Å². The normalized spacial score (nSPS) is 13.4. The highest BCUT2D eigenvalue weighted by molar-refractivity contribution is 5.78. The van der Waals surface area contributed by atoms with E-state index >= 15 is 0 Å². The largest absolute Gasteiger partial charge is 0.497 e. The number of amides is 1. The van der Waals surface area contributed by atoms with Crippen LogP contribution >= 0.6 is 0 Å². The van der Waals surface area contributed by atoms with Gasteiger partial charge in [0.15, 0.2) is 0 Å². The quantitative estimate of drug-likeness (QED) is 0.700. The van der Waals surface area contributed by atoms with E-state index in [1.807, 2.05) is 36.4 Å².